The molecular formula is C23H23N5S. The van der Waals surface area contributed by atoms with Crippen LogP contribution in [0.1, 0.15) is 11.1 Å². The van der Waals surface area contributed by atoms with Crippen LogP contribution in [0.25, 0.3) is 11.3 Å². The van der Waals surface area contributed by atoms with Gasteiger partial charge in [-0.15, -0.1) is 0 Å². The summed E-state index contributed by atoms with van der Waals surface area (Å²) < 4.78 is 0. The average Bonchev–Trinajstić information content (AvgIpc) is 2.79. The molecule has 0 saturated carbocycles. The van der Waals surface area contributed by atoms with Crippen LogP contribution < -0.4 is 9.80 Å². The van der Waals surface area contributed by atoms with E-state index in [4.69, 9.17) is 4.98 Å². The van der Waals surface area contributed by atoms with Crippen molar-refractivity contribution in [2.75, 3.05) is 42.2 Å². The lowest BCUT2D eigenvalue weighted by Crippen LogP contribution is -2.47. The van der Waals surface area contributed by atoms with Gasteiger partial charge in [-0.2, -0.15) is 5.26 Å². The molecule has 0 atom stereocenters. The molecule has 0 N–H and O–H groups in total. The van der Waals surface area contributed by atoms with Crippen molar-refractivity contribution >= 4 is 23.3 Å². The molecule has 1 saturated heterocycles. The number of piperazine rings is 1. The molecule has 0 bridgehead atoms. The van der Waals surface area contributed by atoms with Crippen molar-refractivity contribution in [1.82, 2.24) is 9.97 Å². The Morgan fingerprint density at radius 3 is 2.31 bits per heavy atom. The second-order valence-corrected chi connectivity index (χ2v) is 7.82. The Morgan fingerprint density at radius 2 is 1.66 bits per heavy atom. The van der Waals surface area contributed by atoms with Gasteiger partial charge in [0, 0.05) is 37.4 Å². The minimum Gasteiger partial charge on any atom is -0.368 e. The fourth-order valence-electron chi connectivity index (χ4n) is 3.66. The van der Waals surface area contributed by atoms with Gasteiger partial charge >= 0.3 is 0 Å². The smallest absolute Gasteiger partial charge is 0.189 e. The number of nitriles is 1. The fourth-order valence-corrected chi connectivity index (χ4v) is 4.02. The molecule has 6 heteroatoms. The van der Waals surface area contributed by atoms with E-state index in [0.29, 0.717) is 16.4 Å². The standard InChI is InChI=1S/C23H23N5S/c1-17-7-6-10-19(15-17)27-11-13-28(14-12-27)22-20(16-24)21(25-23(26-22)29-2)18-8-4-3-5-9-18/h3-10,15H,11-14H2,1-2H3. The predicted molar refractivity (Wildman–Crippen MR) is 120 cm³/mol. The second-order valence-electron chi connectivity index (χ2n) is 7.05. The van der Waals surface area contributed by atoms with E-state index in [2.05, 4.69) is 52.0 Å². The zero-order chi connectivity index (χ0) is 20.2. The van der Waals surface area contributed by atoms with E-state index < -0.39 is 0 Å². The average molecular weight is 402 g/mol. The molecule has 1 aromatic heterocycles. The highest BCUT2D eigenvalue weighted by Crippen LogP contribution is 2.31. The van der Waals surface area contributed by atoms with Crippen LogP contribution in [0.2, 0.25) is 0 Å². The van der Waals surface area contributed by atoms with Crippen LogP contribution in [0.3, 0.4) is 0 Å². The van der Waals surface area contributed by atoms with Crippen molar-refractivity contribution in [2.45, 2.75) is 12.1 Å². The molecule has 146 valence electrons. The van der Waals surface area contributed by atoms with Crippen LogP contribution in [0.5, 0.6) is 0 Å². The van der Waals surface area contributed by atoms with Crippen LogP contribution >= 0.6 is 11.8 Å². The number of hydrogen-bond donors (Lipinski definition) is 0. The maximum absolute atomic E-state index is 9.94. The molecular weight excluding hydrogens is 378 g/mol. The SMILES string of the molecule is CSc1nc(-c2ccccc2)c(C#N)c(N2CCN(c3cccc(C)c3)CC2)n1. The van der Waals surface area contributed by atoms with E-state index in [1.165, 1.54) is 23.0 Å². The van der Waals surface area contributed by atoms with Crippen molar-refractivity contribution in [3.05, 3.63) is 65.7 Å². The van der Waals surface area contributed by atoms with Gasteiger partial charge < -0.3 is 9.80 Å². The largest absolute Gasteiger partial charge is 0.368 e. The van der Waals surface area contributed by atoms with Gasteiger partial charge in [-0.05, 0) is 30.9 Å². The Labute approximate surface area is 176 Å². The van der Waals surface area contributed by atoms with Crippen molar-refractivity contribution in [1.29, 1.82) is 5.26 Å². The number of anilines is 2. The highest BCUT2D eigenvalue weighted by atomic mass is 32.2. The van der Waals surface area contributed by atoms with Crippen molar-refractivity contribution in [3.63, 3.8) is 0 Å². The minimum absolute atomic E-state index is 0.554. The van der Waals surface area contributed by atoms with E-state index in [1.54, 1.807) is 0 Å². The molecule has 0 spiro atoms. The van der Waals surface area contributed by atoms with E-state index in [9.17, 15) is 5.26 Å². The molecule has 29 heavy (non-hydrogen) atoms. The summed E-state index contributed by atoms with van der Waals surface area (Å²) >= 11 is 1.51. The molecule has 3 aromatic rings. The minimum atomic E-state index is 0.554. The first-order valence-corrected chi connectivity index (χ1v) is 10.9. The number of rotatable bonds is 4. The molecule has 1 aliphatic heterocycles. The Hall–Kier alpha value is -3.04. The summed E-state index contributed by atoms with van der Waals surface area (Å²) in [5, 5.41) is 10.6. The topological polar surface area (TPSA) is 56.1 Å². The number of benzene rings is 2. The molecule has 2 aromatic carbocycles. The monoisotopic (exact) mass is 401 g/mol. The van der Waals surface area contributed by atoms with E-state index in [0.717, 1.165) is 37.6 Å². The zero-order valence-corrected chi connectivity index (χ0v) is 17.5. The highest BCUT2D eigenvalue weighted by molar-refractivity contribution is 7.98. The molecule has 0 amide bonds. The van der Waals surface area contributed by atoms with Crippen LogP contribution in [-0.2, 0) is 0 Å². The predicted octanol–water partition coefficient (Wildman–Crippen LogP) is 4.37. The van der Waals surface area contributed by atoms with E-state index in [-0.39, 0.29) is 0 Å². The number of aromatic nitrogens is 2. The van der Waals surface area contributed by atoms with Crippen LogP contribution in [0.4, 0.5) is 11.5 Å². The molecule has 0 unspecified atom stereocenters. The summed E-state index contributed by atoms with van der Waals surface area (Å²) in [5.41, 5.74) is 4.73. The molecule has 1 aliphatic rings. The quantitative estimate of drug-likeness (QED) is 0.478. The zero-order valence-electron chi connectivity index (χ0n) is 16.7. The van der Waals surface area contributed by atoms with Crippen molar-refractivity contribution in [3.8, 4) is 17.3 Å². The van der Waals surface area contributed by atoms with Gasteiger partial charge in [-0.1, -0.05) is 54.2 Å². The third-order valence-corrected chi connectivity index (χ3v) is 5.70. The third-order valence-electron chi connectivity index (χ3n) is 5.16. The first-order valence-electron chi connectivity index (χ1n) is 9.67. The summed E-state index contributed by atoms with van der Waals surface area (Å²) in [6.45, 7) is 5.56. The molecule has 0 aliphatic carbocycles. The third kappa shape index (κ3) is 4.06. The van der Waals surface area contributed by atoms with Crippen molar-refractivity contribution in [2.24, 2.45) is 0 Å². The van der Waals surface area contributed by atoms with E-state index >= 15 is 0 Å². The van der Waals surface area contributed by atoms with Gasteiger partial charge in [0.15, 0.2) is 11.0 Å². The lowest BCUT2D eigenvalue weighted by atomic mass is 10.1. The number of thioether (sulfide) groups is 1. The normalized spacial score (nSPS) is 14.0. The number of hydrogen-bond acceptors (Lipinski definition) is 6. The van der Waals surface area contributed by atoms with Gasteiger partial charge in [0.2, 0.25) is 0 Å². The maximum Gasteiger partial charge on any atom is 0.189 e. The summed E-state index contributed by atoms with van der Waals surface area (Å²) in [5.74, 6) is 0.745. The maximum atomic E-state index is 9.94. The van der Waals surface area contributed by atoms with Crippen LogP contribution in [0, 0.1) is 18.3 Å². The molecule has 0 radical (unpaired) electrons. The summed E-state index contributed by atoms with van der Waals surface area (Å²) in [4.78, 5) is 14.0. The van der Waals surface area contributed by atoms with Gasteiger partial charge in [0.05, 0.1) is 5.69 Å². The lowest BCUT2D eigenvalue weighted by molar-refractivity contribution is 0.643. The Morgan fingerprint density at radius 1 is 0.931 bits per heavy atom. The molecule has 2 heterocycles. The Bertz CT molecular complexity index is 1040. The number of aryl methyl sites for hydroxylation is 1. The summed E-state index contributed by atoms with van der Waals surface area (Å²) in [6, 6.07) is 20.9. The molecule has 1 fully saturated rings. The molecule has 5 nitrogen and oxygen atoms in total. The fraction of sp³-hybridized carbons (Fsp3) is 0.261. The highest BCUT2D eigenvalue weighted by Gasteiger charge is 2.24. The van der Waals surface area contributed by atoms with Gasteiger partial charge in [0.1, 0.15) is 11.6 Å². The lowest BCUT2D eigenvalue weighted by Gasteiger charge is -2.37. The summed E-state index contributed by atoms with van der Waals surface area (Å²) in [7, 11) is 0. The second kappa shape index (κ2) is 8.54. The summed E-state index contributed by atoms with van der Waals surface area (Å²) in [6.07, 6.45) is 1.97. The number of nitrogens with zero attached hydrogens (tertiary/aromatic N) is 5. The Kier molecular flexibility index (Phi) is 5.68. The molecule has 4 rings (SSSR count). The first kappa shape index (κ1) is 19.3. The van der Waals surface area contributed by atoms with Crippen molar-refractivity contribution < 1.29 is 0 Å². The van der Waals surface area contributed by atoms with Crippen LogP contribution in [-0.4, -0.2) is 42.4 Å². The Balaban J connectivity index is 1.64. The first-order chi connectivity index (χ1) is 14.2. The van der Waals surface area contributed by atoms with Crippen LogP contribution in [0.15, 0.2) is 59.8 Å². The van der Waals surface area contributed by atoms with Gasteiger partial charge in [-0.3, -0.25) is 0 Å². The van der Waals surface area contributed by atoms with E-state index in [1.807, 2.05) is 36.6 Å². The van der Waals surface area contributed by atoms with Gasteiger partial charge in [0.25, 0.3) is 0 Å². The van der Waals surface area contributed by atoms with Gasteiger partial charge in [-0.25, -0.2) is 9.97 Å².